The van der Waals surface area contributed by atoms with E-state index < -0.39 is 10.2 Å². The Morgan fingerprint density at radius 3 is 2.79 bits per heavy atom. The van der Waals surface area contributed by atoms with Gasteiger partial charge in [0.2, 0.25) is 11.9 Å². The Kier molecular flexibility index (Phi) is 6.74. The van der Waals surface area contributed by atoms with Crippen molar-refractivity contribution in [3.05, 3.63) is 29.8 Å². The zero-order valence-corrected chi connectivity index (χ0v) is 17.0. The third-order valence-corrected chi connectivity index (χ3v) is 6.00. The average molecular weight is 409 g/mol. The summed E-state index contributed by atoms with van der Waals surface area (Å²) < 4.78 is 33.7. The summed E-state index contributed by atoms with van der Waals surface area (Å²) >= 11 is 0. The molecule has 1 aromatic rings. The number of nitrogens with zero attached hydrogens (tertiary/aromatic N) is 4. The maximum atomic E-state index is 11.8. The van der Waals surface area contributed by atoms with Gasteiger partial charge < -0.3 is 15.8 Å². The number of nitrogens with one attached hydrogen (secondary N) is 1. The molecule has 10 heteroatoms. The molecule has 0 amide bonds. The van der Waals surface area contributed by atoms with Crippen LogP contribution in [-0.4, -0.2) is 62.8 Å². The lowest BCUT2D eigenvalue weighted by molar-refractivity contribution is 0.220. The van der Waals surface area contributed by atoms with E-state index in [-0.39, 0.29) is 11.9 Å². The summed E-state index contributed by atoms with van der Waals surface area (Å²) in [5, 5.41) is 2.87. The van der Waals surface area contributed by atoms with Crippen molar-refractivity contribution in [1.82, 2.24) is 14.5 Å². The van der Waals surface area contributed by atoms with Crippen LogP contribution in [-0.2, 0) is 16.8 Å². The number of hydrogen-bond acceptors (Lipinski definition) is 7. The van der Waals surface area contributed by atoms with E-state index in [2.05, 4.69) is 31.7 Å². The van der Waals surface area contributed by atoms with Crippen LogP contribution in [0.1, 0.15) is 31.2 Å². The van der Waals surface area contributed by atoms with E-state index in [1.807, 2.05) is 12.1 Å². The number of ether oxygens (including phenoxy) is 1. The van der Waals surface area contributed by atoms with Crippen molar-refractivity contribution in [3.63, 3.8) is 0 Å². The minimum absolute atomic E-state index is 0.000807. The van der Waals surface area contributed by atoms with Crippen LogP contribution in [0.15, 0.2) is 33.7 Å². The molecule has 0 spiro atoms. The molecule has 0 aliphatic carbocycles. The van der Waals surface area contributed by atoms with Crippen molar-refractivity contribution in [1.29, 1.82) is 0 Å². The Labute approximate surface area is 166 Å². The Morgan fingerprint density at radius 1 is 1.25 bits per heavy atom. The topological polar surface area (TPSA) is 113 Å². The monoisotopic (exact) mass is 408 g/mol. The highest BCUT2D eigenvalue weighted by Crippen LogP contribution is 2.17. The van der Waals surface area contributed by atoms with E-state index in [0.29, 0.717) is 19.6 Å². The summed E-state index contributed by atoms with van der Waals surface area (Å²) in [6.45, 7) is 4.26. The molecule has 9 nitrogen and oxygen atoms in total. The fourth-order valence-corrected chi connectivity index (χ4v) is 3.86. The summed E-state index contributed by atoms with van der Waals surface area (Å²) in [7, 11) is -2.49. The maximum Gasteiger partial charge on any atom is 0.350 e. The van der Waals surface area contributed by atoms with Crippen molar-refractivity contribution in [2.75, 3.05) is 33.3 Å². The Balaban J connectivity index is 1.41. The van der Waals surface area contributed by atoms with E-state index in [1.165, 1.54) is 45.0 Å². The van der Waals surface area contributed by atoms with Gasteiger partial charge in [-0.15, -0.1) is 4.40 Å². The molecule has 0 radical (unpaired) electrons. The van der Waals surface area contributed by atoms with E-state index in [0.717, 1.165) is 16.6 Å². The first-order valence-electron chi connectivity index (χ1n) is 9.55. The first kappa shape index (κ1) is 20.4. The molecule has 3 N–H and O–H groups in total. The number of benzene rings is 1. The Hall–Kier alpha value is -2.33. The SMILES string of the molecule is CN1C(N)=NC(NCCCOc2cccc(CN3CCCCC3)c2)=NS1(=O)=O. The van der Waals surface area contributed by atoms with Gasteiger partial charge in [0.15, 0.2) is 0 Å². The lowest BCUT2D eigenvalue weighted by Crippen LogP contribution is -2.44. The van der Waals surface area contributed by atoms with Crippen LogP contribution in [0.3, 0.4) is 0 Å². The number of guanidine groups is 2. The average Bonchev–Trinajstić information content (AvgIpc) is 2.67. The molecule has 3 rings (SSSR count). The van der Waals surface area contributed by atoms with Gasteiger partial charge in [0, 0.05) is 20.1 Å². The van der Waals surface area contributed by atoms with Gasteiger partial charge in [-0.1, -0.05) is 18.6 Å². The molecule has 0 aromatic heterocycles. The van der Waals surface area contributed by atoms with Crippen LogP contribution in [0.4, 0.5) is 0 Å². The van der Waals surface area contributed by atoms with Crippen molar-refractivity contribution >= 4 is 22.1 Å². The van der Waals surface area contributed by atoms with Gasteiger partial charge in [-0.05, 0) is 50.0 Å². The van der Waals surface area contributed by atoms with Crippen molar-refractivity contribution in [2.24, 2.45) is 15.1 Å². The number of rotatable bonds is 7. The summed E-state index contributed by atoms with van der Waals surface area (Å²) in [6.07, 6.45) is 4.56. The van der Waals surface area contributed by atoms with Crippen LogP contribution in [0.2, 0.25) is 0 Å². The molecule has 0 unspecified atom stereocenters. The third kappa shape index (κ3) is 5.59. The molecular weight excluding hydrogens is 380 g/mol. The Bertz CT molecular complexity index is 833. The van der Waals surface area contributed by atoms with Gasteiger partial charge in [0.1, 0.15) is 5.75 Å². The summed E-state index contributed by atoms with van der Waals surface area (Å²) in [5.74, 6) is 0.731. The molecule has 2 aliphatic rings. The third-order valence-electron chi connectivity index (χ3n) is 4.72. The lowest BCUT2D eigenvalue weighted by Gasteiger charge is -2.26. The smallest absolute Gasteiger partial charge is 0.350 e. The molecule has 0 atom stereocenters. The van der Waals surface area contributed by atoms with Gasteiger partial charge in [0.25, 0.3) is 0 Å². The number of hydrogen-bond donors (Lipinski definition) is 2. The van der Waals surface area contributed by atoms with Crippen LogP contribution in [0.5, 0.6) is 5.75 Å². The van der Waals surface area contributed by atoms with Gasteiger partial charge in [-0.2, -0.15) is 13.4 Å². The quantitative estimate of drug-likeness (QED) is 0.648. The highest BCUT2D eigenvalue weighted by molar-refractivity contribution is 7.88. The summed E-state index contributed by atoms with van der Waals surface area (Å²) in [4.78, 5) is 6.40. The first-order valence-corrected chi connectivity index (χ1v) is 10.9. The molecule has 1 aromatic carbocycles. The van der Waals surface area contributed by atoms with Crippen molar-refractivity contribution in [3.8, 4) is 5.75 Å². The second-order valence-electron chi connectivity index (χ2n) is 6.94. The number of nitrogens with two attached hydrogens (primary N) is 1. The second-order valence-corrected chi connectivity index (χ2v) is 8.57. The van der Waals surface area contributed by atoms with E-state index in [1.54, 1.807) is 0 Å². The Morgan fingerprint density at radius 2 is 2.04 bits per heavy atom. The molecule has 1 saturated heterocycles. The van der Waals surface area contributed by atoms with Gasteiger partial charge >= 0.3 is 10.2 Å². The normalized spacial score (nSPS) is 19.7. The highest BCUT2D eigenvalue weighted by Gasteiger charge is 2.24. The van der Waals surface area contributed by atoms with Crippen LogP contribution in [0.25, 0.3) is 0 Å². The molecular formula is C18H28N6O3S. The number of aliphatic imine (C=N–C) groups is 1. The second kappa shape index (κ2) is 9.24. The maximum absolute atomic E-state index is 11.8. The van der Waals surface area contributed by atoms with Crippen LogP contribution in [0, 0.1) is 0 Å². The molecule has 28 heavy (non-hydrogen) atoms. The minimum Gasteiger partial charge on any atom is -0.494 e. The molecule has 2 aliphatic heterocycles. The summed E-state index contributed by atoms with van der Waals surface area (Å²) in [5.41, 5.74) is 6.84. The van der Waals surface area contributed by atoms with Gasteiger partial charge in [-0.25, -0.2) is 4.31 Å². The van der Waals surface area contributed by atoms with Gasteiger partial charge in [0.05, 0.1) is 6.61 Å². The zero-order valence-electron chi connectivity index (χ0n) is 16.2. The number of likely N-dealkylation sites (tertiary alicyclic amines) is 1. The highest BCUT2D eigenvalue weighted by atomic mass is 32.2. The van der Waals surface area contributed by atoms with Crippen LogP contribution >= 0.6 is 0 Å². The first-order chi connectivity index (χ1) is 13.4. The van der Waals surface area contributed by atoms with Gasteiger partial charge in [-0.3, -0.25) is 4.90 Å². The fraction of sp³-hybridized carbons (Fsp3) is 0.556. The zero-order chi connectivity index (χ0) is 20.0. The molecule has 1 fully saturated rings. The lowest BCUT2D eigenvalue weighted by atomic mass is 10.1. The van der Waals surface area contributed by atoms with Crippen LogP contribution < -0.4 is 15.8 Å². The molecule has 0 saturated carbocycles. The summed E-state index contributed by atoms with van der Waals surface area (Å²) in [6, 6.07) is 8.18. The predicted molar refractivity (Wildman–Crippen MR) is 109 cm³/mol. The molecule has 2 heterocycles. The molecule has 154 valence electrons. The number of piperidine rings is 1. The van der Waals surface area contributed by atoms with E-state index in [9.17, 15) is 8.42 Å². The van der Waals surface area contributed by atoms with Crippen molar-refractivity contribution < 1.29 is 13.2 Å². The standard InChI is InChI=1S/C18H28N6O3S/c1-23-17(19)21-18(22-28(23,25)26)20-9-6-12-27-16-8-5-7-15(13-16)14-24-10-3-2-4-11-24/h5,7-8,13H,2-4,6,9-12,14H2,1H3,(H3,19,20,21,22). The largest absolute Gasteiger partial charge is 0.494 e. The predicted octanol–water partition coefficient (Wildman–Crippen LogP) is 0.892. The minimum atomic E-state index is -3.79. The molecule has 0 bridgehead atoms. The van der Waals surface area contributed by atoms with E-state index in [4.69, 9.17) is 10.5 Å². The fourth-order valence-electron chi connectivity index (χ4n) is 3.13. The van der Waals surface area contributed by atoms with E-state index >= 15 is 0 Å². The van der Waals surface area contributed by atoms with Crippen molar-refractivity contribution in [2.45, 2.75) is 32.2 Å².